The number of amides is 3. The zero-order valence-electron chi connectivity index (χ0n) is 23.8. The number of carbonyl (C=O) groups excluding carboxylic acids is 3. The second-order valence-corrected chi connectivity index (χ2v) is 10.3. The van der Waals surface area contributed by atoms with Gasteiger partial charge in [-0.1, -0.05) is 18.2 Å². The number of benzene rings is 1. The Hall–Kier alpha value is -5.03. The molecule has 3 aromatic rings. The highest BCUT2D eigenvalue weighted by Gasteiger charge is 2.26. The third-order valence-corrected chi connectivity index (χ3v) is 7.07. The summed E-state index contributed by atoms with van der Waals surface area (Å²) in [5.41, 5.74) is 3.51. The van der Waals surface area contributed by atoms with E-state index in [0.29, 0.717) is 50.4 Å². The molecule has 0 saturated carbocycles. The maximum absolute atomic E-state index is 12.5. The molecule has 12 heteroatoms. The van der Waals surface area contributed by atoms with Crippen LogP contribution in [0.4, 0.5) is 11.6 Å². The minimum absolute atomic E-state index is 0. The highest BCUT2D eigenvalue weighted by Crippen LogP contribution is 2.23. The van der Waals surface area contributed by atoms with E-state index in [0.717, 1.165) is 40.5 Å². The summed E-state index contributed by atoms with van der Waals surface area (Å²) >= 11 is 0. The molecule has 1 fully saturated rings. The molecule has 1 atom stereocenters. The number of pyridine rings is 2. The first kappa shape index (κ1) is 31.9. The number of fused-ring (bicyclic) bond motifs is 2. The van der Waals surface area contributed by atoms with E-state index in [9.17, 15) is 19.2 Å². The van der Waals surface area contributed by atoms with Gasteiger partial charge in [0, 0.05) is 50.4 Å². The van der Waals surface area contributed by atoms with Crippen molar-refractivity contribution in [1.82, 2.24) is 14.9 Å². The first-order chi connectivity index (χ1) is 20.8. The molecule has 0 spiro atoms. The predicted molar refractivity (Wildman–Crippen MR) is 167 cm³/mol. The number of aryl methyl sites for hydroxylation is 2. The topological polar surface area (TPSA) is 151 Å². The van der Waals surface area contributed by atoms with Gasteiger partial charge in [0.05, 0.1) is 6.54 Å². The maximum Gasteiger partial charge on any atom is 0.328 e. The van der Waals surface area contributed by atoms with E-state index in [1.807, 2.05) is 42.5 Å². The number of aliphatic carboxylic acids is 1. The Labute approximate surface area is 260 Å². The van der Waals surface area contributed by atoms with E-state index in [2.05, 4.69) is 20.6 Å². The molecule has 5 heterocycles. The van der Waals surface area contributed by atoms with Gasteiger partial charge in [0.2, 0.25) is 17.7 Å². The third kappa shape index (κ3) is 8.74. The summed E-state index contributed by atoms with van der Waals surface area (Å²) in [5, 5.41) is 13.9. The Balaban J connectivity index is 0.000000223. The molecule has 228 valence electrons. The lowest BCUT2D eigenvalue weighted by molar-refractivity contribution is -0.131. The number of carbonyl (C=O) groups is 4. The predicted octanol–water partition coefficient (Wildman–Crippen LogP) is 4.15. The summed E-state index contributed by atoms with van der Waals surface area (Å²) in [6.45, 7) is 1.28. The number of hydrogen-bond acceptors (Lipinski definition) is 7. The molecule has 3 N–H and O–H groups in total. The van der Waals surface area contributed by atoms with Gasteiger partial charge in [-0.15, -0.1) is 12.4 Å². The van der Waals surface area contributed by atoms with Gasteiger partial charge in [0.1, 0.15) is 23.5 Å². The average Bonchev–Trinajstić information content (AvgIpc) is 3.48. The van der Waals surface area contributed by atoms with Crippen molar-refractivity contribution < 1.29 is 29.0 Å². The smallest absolute Gasteiger partial charge is 0.328 e. The zero-order valence-corrected chi connectivity index (χ0v) is 24.6. The number of hydrogen-bond donors (Lipinski definition) is 3. The van der Waals surface area contributed by atoms with Gasteiger partial charge >= 0.3 is 5.97 Å². The molecular formula is C32H32ClN5O6. The molecule has 1 saturated heterocycles. The minimum Gasteiger partial charge on any atom is -0.489 e. The van der Waals surface area contributed by atoms with E-state index < -0.39 is 5.97 Å². The van der Waals surface area contributed by atoms with Crippen LogP contribution in [0, 0.1) is 0 Å². The fraction of sp³-hybridized carbons (Fsp3) is 0.250. The summed E-state index contributed by atoms with van der Waals surface area (Å²) in [4.78, 5) is 55.4. The highest BCUT2D eigenvalue weighted by molar-refractivity contribution is 5.94. The van der Waals surface area contributed by atoms with Gasteiger partial charge in [-0.25, -0.2) is 14.8 Å². The van der Waals surface area contributed by atoms with Crippen LogP contribution in [0.25, 0.3) is 12.2 Å². The van der Waals surface area contributed by atoms with Crippen molar-refractivity contribution in [3.63, 3.8) is 0 Å². The molecule has 2 aromatic heterocycles. The molecule has 3 aliphatic rings. The molecule has 6 rings (SSSR count). The van der Waals surface area contributed by atoms with Crippen LogP contribution in [0.3, 0.4) is 0 Å². The number of anilines is 2. The van der Waals surface area contributed by atoms with E-state index in [4.69, 9.17) is 9.84 Å². The Kier molecular flexibility index (Phi) is 10.8. The summed E-state index contributed by atoms with van der Waals surface area (Å²) in [7, 11) is 0. The van der Waals surface area contributed by atoms with Gasteiger partial charge in [-0.05, 0) is 71.5 Å². The quantitative estimate of drug-likeness (QED) is 0.349. The lowest BCUT2D eigenvalue weighted by Crippen LogP contribution is -2.29. The Morgan fingerprint density at radius 3 is 2.00 bits per heavy atom. The first-order valence-corrected chi connectivity index (χ1v) is 14.0. The molecule has 44 heavy (non-hydrogen) atoms. The molecule has 0 aliphatic carbocycles. The third-order valence-electron chi connectivity index (χ3n) is 7.07. The number of likely N-dealkylation sites (tertiary alicyclic amines) is 1. The largest absolute Gasteiger partial charge is 0.489 e. The number of rotatable bonds is 6. The number of carboxylic acid groups (broad SMARTS) is 1. The van der Waals surface area contributed by atoms with Crippen LogP contribution in [0.2, 0.25) is 0 Å². The first-order valence-electron chi connectivity index (χ1n) is 14.0. The van der Waals surface area contributed by atoms with E-state index in [-0.39, 0.29) is 36.2 Å². The zero-order chi connectivity index (χ0) is 30.2. The summed E-state index contributed by atoms with van der Waals surface area (Å²) in [5.74, 6) is 0.966. The lowest BCUT2D eigenvalue weighted by atomic mass is 10.0. The standard InChI is InChI=1S/C21H21N3O3.C11H10N2O3.ClH/c25-19-8-7-16-12-15(13-22-21(16)23-19)6-9-20(26)24-11-10-18(14-24)27-17-4-2-1-3-5-17;14-9-3-2-8-5-7(1-4-10(15)16)6-12-11(8)13-9;/h1-6,9,12-13,18H,7-8,10-11,14H2,(H,22,23,25);1,4-6H,2-3H2,(H,15,16)(H,12,13,14);1H/b9-6+;4-1+;. The van der Waals surface area contributed by atoms with E-state index in [1.165, 1.54) is 12.3 Å². The number of ether oxygens (including phenoxy) is 1. The van der Waals surface area contributed by atoms with Gasteiger partial charge in [0.15, 0.2) is 0 Å². The van der Waals surface area contributed by atoms with E-state index >= 15 is 0 Å². The summed E-state index contributed by atoms with van der Waals surface area (Å²) in [6, 6.07) is 13.5. The maximum atomic E-state index is 12.5. The number of nitrogens with zero attached hydrogens (tertiary/aromatic N) is 3. The Bertz CT molecular complexity index is 1590. The van der Waals surface area contributed by atoms with Crippen molar-refractivity contribution in [3.05, 3.63) is 89.3 Å². The fourth-order valence-electron chi connectivity index (χ4n) is 4.89. The number of para-hydroxylation sites is 1. The SMILES string of the molecule is Cl.O=C(O)/C=C/c1cnc2c(c1)CCC(=O)N2.O=C1CCc2cc(/C=C/C(=O)N3CCC(Oc4ccccc4)C3)cnc2N1. The minimum atomic E-state index is -0.994. The van der Waals surface area contributed by atoms with Crippen molar-refractivity contribution in [2.45, 2.75) is 38.2 Å². The summed E-state index contributed by atoms with van der Waals surface area (Å²) < 4.78 is 5.93. The van der Waals surface area contributed by atoms with Gasteiger partial charge < -0.3 is 25.4 Å². The van der Waals surface area contributed by atoms with Gasteiger partial charge in [-0.2, -0.15) is 0 Å². The fourth-order valence-corrected chi connectivity index (χ4v) is 4.89. The molecular weight excluding hydrogens is 586 g/mol. The Morgan fingerprint density at radius 2 is 1.43 bits per heavy atom. The van der Waals surface area contributed by atoms with Gasteiger partial charge in [0.25, 0.3) is 0 Å². The number of aromatic nitrogens is 2. The molecule has 11 nitrogen and oxygen atoms in total. The van der Waals surface area contributed by atoms with Crippen LogP contribution in [-0.2, 0) is 32.0 Å². The molecule has 3 aliphatic heterocycles. The van der Waals surface area contributed by atoms with Crippen LogP contribution in [0.15, 0.2) is 67.0 Å². The van der Waals surface area contributed by atoms with Crippen LogP contribution < -0.4 is 15.4 Å². The lowest BCUT2D eigenvalue weighted by Gasteiger charge is -2.16. The van der Waals surface area contributed by atoms with E-state index in [1.54, 1.807) is 23.2 Å². The second kappa shape index (κ2) is 14.9. The Morgan fingerprint density at radius 1 is 0.864 bits per heavy atom. The normalized spacial score (nSPS) is 17.0. The number of halogens is 1. The number of carboxylic acids is 1. The second-order valence-electron chi connectivity index (χ2n) is 10.3. The molecule has 1 aromatic carbocycles. The highest BCUT2D eigenvalue weighted by atomic mass is 35.5. The van der Waals surface area contributed by atoms with Crippen molar-refractivity contribution in [2.75, 3.05) is 23.7 Å². The van der Waals surface area contributed by atoms with Crippen LogP contribution in [0.5, 0.6) is 5.75 Å². The van der Waals surface area contributed by atoms with Crippen molar-refractivity contribution in [3.8, 4) is 5.75 Å². The van der Waals surface area contributed by atoms with Crippen molar-refractivity contribution in [1.29, 1.82) is 0 Å². The van der Waals surface area contributed by atoms with Crippen LogP contribution in [-0.4, -0.2) is 62.9 Å². The van der Waals surface area contributed by atoms with Gasteiger partial charge in [-0.3, -0.25) is 14.4 Å². The number of nitrogens with one attached hydrogen (secondary N) is 2. The van der Waals surface area contributed by atoms with Crippen molar-refractivity contribution >= 4 is 59.9 Å². The molecule has 0 radical (unpaired) electrons. The average molecular weight is 618 g/mol. The summed E-state index contributed by atoms with van der Waals surface area (Å²) in [6.07, 6.45) is 12.2. The molecule has 1 unspecified atom stereocenters. The molecule has 3 amide bonds. The molecule has 0 bridgehead atoms. The van der Waals surface area contributed by atoms with Crippen molar-refractivity contribution in [2.24, 2.45) is 0 Å². The monoisotopic (exact) mass is 617 g/mol. The van der Waals surface area contributed by atoms with Crippen LogP contribution in [0.1, 0.15) is 41.5 Å². The van der Waals surface area contributed by atoms with Crippen LogP contribution >= 0.6 is 12.4 Å².